The minimum Gasteiger partial charge on any atom is -0.341 e. The molecule has 0 spiro atoms. The second kappa shape index (κ2) is 9.46. The molecule has 5 nitrogen and oxygen atoms in total. The van der Waals surface area contributed by atoms with E-state index in [1.165, 1.54) is 0 Å². The number of anilines is 1. The van der Waals surface area contributed by atoms with E-state index in [2.05, 4.69) is 5.32 Å². The number of carbonyl (C=O) groups excluding carboxylic acids is 2. The first kappa shape index (κ1) is 21.8. The van der Waals surface area contributed by atoms with Gasteiger partial charge in [0, 0.05) is 30.3 Å². The maximum Gasteiger partial charge on any atom is 0.241 e. The summed E-state index contributed by atoms with van der Waals surface area (Å²) < 4.78 is 0. The lowest BCUT2D eigenvalue weighted by molar-refractivity contribution is -0.130. The summed E-state index contributed by atoms with van der Waals surface area (Å²) in [6, 6.07) is 6.84. The molecule has 1 atom stereocenters. The summed E-state index contributed by atoms with van der Waals surface area (Å²) in [5, 5.41) is 2.83. The number of thioether (sulfide) groups is 1. The van der Waals surface area contributed by atoms with Crippen LogP contribution in [0.15, 0.2) is 24.3 Å². The summed E-state index contributed by atoms with van der Waals surface area (Å²) in [6.07, 6.45) is 0.403. The van der Waals surface area contributed by atoms with Crippen LogP contribution in [-0.4, -0.2) is 47.4 Å². The Morgan fingerprint density at radius 3 is 2.28 bits per heavy atom. The molecule has 1 fully saturated rings. The van der Waals surface area contributed by atoms with Crippen LogP contribution in [0.3, 0.4) is 0 Å². The van der Waals surface area contributed by atoms with Gasteiger partial charge in [-0.15, -0.1) is 12.4 Å². The number of hydrogen-bond acceptors (Lipinski definition) is 4. The highest BCUT2D eigenvalue weighted by molar-refractivity contribution is 7.99. The molecule has 1 aromatic rings. The van der Waals surface area contributed by atoms with Gasteiger partial charge in [-0.05, 0) is 23.1 Å². The first-order valence-corrected chi connectivity index (χ1v) is 9.44. The summed E-state index contributed by atoms with van der Waals surface area (Å²) in [5.41, 5.74) is 7.32. The van der Waals surface area contributed by atoms with Crippen LogP contribution in [0.4, 0.5) is 5.69 Å². The fraction of sp³-hybridized carbons (Fsp3) is 0.556. The Bertz CT molecular complexity index is 581. The lowest BCUT2D eigenvalue weighted by Gasteiger charge is -2.26. The van der Waals surface area contributed by atoms with Crippen molar-refractivity contribution >= 4 is 41.7 Å². The average molecular weight is 386 g/mol. The van der Waals surface area contributed by atoms with Crippen molar-refractivity contribution < 1.29 is 9.59 Å². The third-order valence-electron chi connectivity index (χ3n) is 4.16. The lowest BCUT2D eigenvalue weighted by atomic mass is 9.87. The van der Waals surface area contributed by atoms with E-state index in [1.54, 1.807) is 0 Å². The second-order valence-electron chi connectivity index (χ2n) is 7.20. The molecule has 1 aromatic carbocycles. The average Bonchev–Trinajstić information content (AvgIpc) is 2.55. The Morgan fingerprint density at radius 1 is 1.20 bits per heavy atom. The van der Waals surface area contributed by atoms with Crippen molar-refractivity contribution in [3.8, 4) is 0 Å². The quantitative estimate of drug-likeness (QED) is 0.835. The predicted octanol–water partition coefficient (Wildman–Crippen LogP) is 2.54. The van der Waals surface area contributed by atoms with E-state index in [-0.39, 0.29) is 29.6 Å². The minimum absolute atomic E-state index is 0. The van der Waals surface area contributed by atoms with Crippen LogP contribution >= 0.6 is 24.2 Å². The third kappa shape index (κ3) is 6.53. The number of rotatable bonds is 4. The Morgan fingerprint density at radius 2 is 1.76 bits per heavy atom. The Kier molecular flexibility index (Phi) is 8.25. The maximum atomic E-state index is 12.3. The molecule has 2 amide bonds. The molecule has 25 heavy (non-hydrogen) atoms. The van der Waals surface area contributed by atoms with Gasteiger partial charge >= 0.3 is 0 Å². The van der Waals surface area contributed by atoms with Crippen LogP contribution < -0.4 is 11.1 Å². The van der Waals surface area contributed by atoms with Crippen LogP contribution in [0.2, 0.25) is 0 Å². The molecule has 0 unspecified atom stereocenters. The highest BCUT2D eigenvalue weighted by Gasteiger charge is 2.27. The molecule has 1 saturated heterocycles. The van der Waals surface area contributed by atoms with Crippen molar-refractivity contribution in [2.24, 2.45) is 11.1 Å². The number of amides is 2. The molecule has 0 radical (unpaired) electrons. The summed E-state index contributed by atoms with van der Waals surface area (Å²) in [4.78, 5) is 26.3. The van der Waals surface area contributed by atoms with E-state index >= 15 is 0 Å². The van der Waals surface area contributed by atoms with Gasteiger partial charge in [-0.25, -0.2) is 0 Å². The molecule has 0 aliphatic carbocycles. The van der Waals surface area contributed by atoms with Crippen molar-refractivity contribution in [1.29, 1.82) is 0 Å². The molecule has 1 aliphatic rings. The van der Waals surface area contributed by atoms with Crippen molar-refractivity contribution in [3.63, 3.8) is 0 Å². The number of halogens is 1. The standard InChI is InChI=1S/C18H27N3O2S.ClH/c1-18(2,3)16(19)17(23)20-14-6-4-13(5-7-14)12-15(22)21-8-10-24-11-9-21;/h4-7,16H,8-12,19H2,1-3H3,(H,20,23);1H/t16-;/m1./s1. The van der Waals surface area contributed by atoms with Gasteiger partial charge in [-0.2, -0.15) is 11.8 Å². The van der Waals surface area contributed by atoms with Crippen molar-refractivity contribution in [2.75, 3.05) is 29.9 Å². The normalized spacial score (nSPS) is 15.9. The molecule has 3 N–H and O–H groups in total. The zero-order chi connectivity index (χ0) is 17.7. The number of nitrogens with one attached hydrogen (secondary N) is 1. The van der Waals surface area contributed by atoms with Crippen LogP contribution in [0, 0.1) is 5.41 Å². The van der Waals surface area contributed by atoms with Crippen LogP contribution in [0.1, 0.15) is 26.3 Å². The van der Waals surface area contributed by atoms with E-state index in [4.69, 9.17) is 5.73 Å². The monoisotopic (exact) mass is 385 g/mol. The SMILES string of the molecule is CC(C)(C)[C@H](N)C(=O)Nc1ccc(CC(=O)N2CCSCC2)cc1.Cl. The van der Waals surface area contributed by atoms with Gasteiger partial charge in [0.05, 0.1) is 12.5 Å². The summed E-state index contributed by atoms with van der Waals surface area (Å²) in [5.74, 6) is 2.01. The van der Waals surface area contributed by atoms with Gasteiger partial charge in [0.25, 0.3) is 0 Å². The highest BCUT2D eigenvalue weighted by Crippen LogP contribution is 2.19. The Hall–Kier alpha value is -1.24. The molecule has 0 aromatic heterocycles. The maximum absolute atomic E-state index is 12.3. The molecular weight excluding hydrogens is 358 g/mol. The summed E-state index contributed by atoms with van der Waals surface area (Å²) >= 11 is 1.89. The van der Waals surface area contributed by atoms with E-state index in [9.17, 15) is 9.59 Å². The molecular formula is C18H28ClN3O2S. The molecule has 1 heterocycles. The first-order valence-electron chi connectivity index (χ1n) is 8.28. The van der Waals surface area contributed by atoms with Crippen molar-refractivity contribution in [3.05, 3.63) is 29.8 Å². The van der Waals surface area contributed by atoms with Crippen molar-refractivity contribution in [2.45, 2.75) is 33.2 Å². The summed E-state index contributed by atoms with van der Waals surface area (Å²) in [7, 11) is 0. The number of nitrogens with two attached hydrogens (primary N) is 1. The molecule has 1 aliphatic heterocycles. The second-order valence-corrected chi connectivity index (χ2v) is 8.42. The highest BCUT2D eigenvalue weighted by atomic mass is 35.5. The van der Waals surface area contributed by atoms with Gasteiger partial charge in [-0.3, -0.25) is 9.59 Å². The van der Waals surface area contributed by atoms with Gasteiger partial charge in [0.1, 0.15) is 0 Å². The zero-order valence-corrected chi connectivity index (χ0v) is 16.7. The topological polar surface area (TPSA) is 75.4 Å². The van der Waals surface area contributed by atoms with E-state index in [0.717, 1.165) is 30.2 Å². The third-order valence-corrected chi connectivity index (χ3v) is 5.10. The first-order chi connectivity index (χ1) is 11.3. The number of hydrogen-bond donors (Lipinski definition) is 2. The van der Waals surface area contributed by atoms with Crippen molar-refractivity contribution in [1.82, 2.24) is 4.90 Å². The molecule has 2 rings (SSSR count). The predicted molar refractivity (Wildman–Crippen MR) is 107 cm³/mol. The smallest absolute Gasteiger partial charge is 0.241 e. The van der Waals surface area contributed by atoms with Gasteiger partial charge in [-0.1, -0.05) is 32.9 Å². The Labute approximate surface area is 160 Å². The van der Waals surface area contributed by atoms with Crippen LogP contribution in [-0.2, 0) is 16.0 Å². The molecule has 7 heteroatoms. The zero-order valence-electron chi connectivity index (χ0n) is 15.1. The number of benzene rings is 1. The number of nitrogens with zero attached hydrogens (tertiary/aromatic N) is 1. The van der Waals surface area contributed by atoms with E-state index in [1.807, 2.05) is 61.7 Å². The van der Waals surface area contributed by atoms with Crippen LogP contribution in [0.25, 0.3) is 0 Å². The van der Waals surface area contributed by atoms with Gasteiger partial charge < -0.3 is 16.0 Å². The lowest BCUT2D eigenvalue weighted by Crippen LogP contribution is -2.45. The van der Waals surface area contributed by atoms with Crippen LogP contribution in [0.5, 0.6) is 0 Å². The van der Waals surface area contributed by atoms with Gasteiger partial charge in [0.15, 0.2) is 0 Å². The fourth-order valence-electron chi connectivity index (χ4n) is 2.42. The number of carbonyl (C=O) groups is 2. The Balaban J connectivity index is 0.00000312. The van der Waals surface area contributed by atoms with E-state index in [0.29, 0.717) is 12.1 Å². The fourth-order valence-corrected chi connectivity index (χ4v) is 3.32. The minimum atomic E-state index is -0.573. The summed E-state index contributed by atoms with van der Waals surface area (Å²) in [6.45, 7) is 7.48. The molecule has 0 bridgehead atoms. The largest absolute Gasteiger partial charge is 0.341 e. The molecule has 140 valence electrons. The van der Waals surface area contributed by atoms with Gasteiger partial charge in [0.2, 0.25) is 11.8 Å². The molecule has 0 saturated carbocycles. The van der Waals surface area contributed by atoms with E-state index < -0.39 is 6.04 Å².